The van der Waals surface area contributed by atoms with Crippen molar-refractivity contribution in [1.82, 2.24) is 0 Å². The highest BCUT2D eigenvalue weighted by atomic mass is 19.1. The van der Waals surface area contributed by atoms with E-state index in [1.807, 2.05) is 55.5 Å². The molecule has 1 atom stereocenters. The van der Waals surface area contributed by atoms with Crippen LogP contribution in [-0.2, 0) is 21.4 Å². The summed E-state index contributed by atoms with van der Waals surface area (Å²) < 4.78 is 19.4. The number of benzene rings is 3. The quantitative estimate of drug-likeness (QED) is 0.260. The first-order valence-corrected chi connectivity index (χ1v) is 11.9. The zero-order valence-corrected chi connectivity index (χ0v) is 21.1. The van der Waals surface area contributed by atoms with Gasteiger partial charge in [-0.25, -0.2) is 4.39 Å². The van der Waals surface area contributed by atoms with E-state index in [4.69, 9.17) is 4.74 Å². The number of hydrogen-bond donors (Lipinski definition) is 1. The highest BCUT2D eigenvalue weighted by Gasteiger charge is 2.47. The summed E-state index contributed by atoms with van der Waals surface area (Å²) >= 11 is 0. The van der Waals surface area contributed by atoms with E-state index in [-0.39, 0.29) is 22.3 Å². The van der Waals surface area contributed by atoms with Crippen molar-refractivity contribution in [2.75, 3.05) is 12.0 Å². The van der Waals surface area contributed by atoms with Crippen LogP contribution in [0.2, 0.25) is 0 Å². The lowest BCUT2D eigenvalue weighted by molar-refractivity contribution is -0.132. The third-order valence-electron chi connectivity index (χ3n) is 6.58. The Balaban J connectivity index is 1.94. The van der Waals surface area contributed by atoms with E-state index in [9.17, 15) is 19.1 Å². The summed E-state index contributed by atoms with van der Waals surface area (Å²) in [6.45, 7) is 8.32. The second kappa shape index (κ2) is 9.61. The number of aliphatic hydroxyl groups is 1. The Labute approximate surface area is 210 Å². The number of amides is 1. The summed E-state index contributed by atoms with van der Waals surface area (Å²) in [6.07, 6.45) is 0.829. The third kappa shape index (κ3) is 4.51. The minimum absolute atomic E-state index is 0.00811. The lowest BCUT2D eigenvalue weighted by Gasteiger charge is -2.27. The van der Waals surface area contributed by atoms with Crippen LogP contribution in [0.4, 0.5) is 10.1 Å². The first-order chi connectivity index (χ1) is 17.1. The van der Waals surface area contributed by atoms with Gasteiger partial charge in [0.2, 0.25) is 0 Å². The summed E-state index contributed by atoms with van der Waals surface area (Å²) in [5, 5.41) is 11.3. The van der Waals surface area contributed by atoms with Crippen LogP contribution in [0.15, 0.2) is 72.3 Å². The normalized spacial score (nSPS) is 17.5. The maximum absolute atomic E-state index is 14.1. The van der Waals surface area contributed by atoms with Crippen LogP contribution in [0.3, 0.4) is 0 Å². The van der Waals surface area contributed by atoms with Gasteiger partial charge in [-0.3, -0.25) is 14.5 Å². The van der Waals surface area contributed by atoms with Crippen molar-refractivity contribution in [3.05, 3.63) is 100 Å². The summed E-state index contributed by atoms with van der Waals surface area (Å²) in [7, 11) is 1.39. The predicted molar refractivity (Wildman–Crippen MR) is 139 cm³/mol. The number of methoxy groups -OCH3 is 1. The minimum atomic E-state index is -0.899. The molecule has 1 aliphatic rings. The Morgan fingerprint density at radius 2 is 1.64 bits per heavy atom. The lowest BCUT2D eigenvalue weighted by atomic mass is 9.87. The van der Waals surface area contributed by atoms with Gasteiger partial charge < -0.3 is 9.84 Å². The molecular formula is C30H30FNO4. The smallest absolute Gasteiger partial charge is 0.300 e. The SMILES string of the molecule is CCc1ccc(C2/C(=C(\O)c3cc(F)ccc3OC)C(=O)C(=O)N2c2ccc(C(C)(C)C)cc2)cc1. The molecule has 1 fully saturated rings. The van der Waals surface area contributed by atoms with Crippen molar-refractivity contribution in [1.29, 1.82) is 0 Å². The topological polar surface area (TPSA) is 66.8 Å². The second-order valence-corrected chi connectivity index (χ2v) is 9.91. The fourth-order valence-electron chi connectivity index (χ4n) is 4.48. The number of carbonyl (C=O) groups is 2. The molecule has 6 heteroatoms. The van der Waals surface area contributed by atoms with Gasteiger partial charge in [-0.2, -0.15) is 0 Å². The molecule has 5 nitrogen and oxygen atoms in total. The molecule has 0 aromatic heterocycles. The average molecular weight is 488 g/mol. The molecule has 3 aromatic rings. The molecule has 0 bridgehead atoms. The van der Waals surface area contributed by atoms with Crippen LogP contribution in [0, 0.1) is 5.82 Å². The predicted octanol–water partition coefficient (Wildman–Crippen LogP) is 6.32. The monoisotopic (exact) mass is 487 g/mol. The molecule has 0 radical (unpaired) electrons. The number of ketones is 1. The van der Waals surface area contributed by atoms with E-state index in [1.54, 1.807) is 0 Å². The Hall–Kier alpha value is -3.93. The maximum Gasteiger partial charge on any atom is 0.300 e. The molecule has 1 amide bonds. The second-order valence-electron chi connectivity index (χ2n) is 9.91. The summed E-state index contributed by atoms with van der Waals surface area (Å²) in [5.74, 6) is -2.51. The molecule has 4 rings (SSSR count). The maximum atomic E-state index is 14.1. The molecule has 0 saturated carbocycles. The number of aliphatic hydroxyl groups excluding tert-OH is 1. The van der Waals surface area contributed by atoms with Gasteiger partial charge in [0.25, 0.3) is 11.7 Å². The van der Waals surface area contributed by atoms with E-state index in [0.717, 1.165) is 23.6 Å². The molecule has 1 saturated heterocycles. The number of ether oxygens (including phenoxy) is 1. The lowest BCUT2D eigenvalue weighted by Crippen LogP contribution is -2.29. The summed E-state index contributed by atoms with van der Waals surface area (Å²) in [6, 6.07) is 17.8. The van der Waals surface area contributed by atoms with Crippen LogP contribution in [0.5, 0.6) is 5.75 Å². The van der Waals surface area contributed by atoms with Crippen molar-refractivity contribution in [3.63, 3.8) is 0 Å². The van der Waals surface area contributed by atoms with Gasteiger partial charge in [0.15, 0.2) is 0 Å². The van der Waals surface area contributed by atoms with Gasteiger partial charge in [0, 0.05) is 5.69 Å². The van der Waals surface area contributed by atoms with E-state index in [1.165, 1.54) is 24.1 Å². The fourth-order valence-corrected chi connectivity index (χ4v) is 4.48. The molecular weight excluding hydrogens is 457 g/mol. The van der Waals surface area contributed by atoms with E-state index < -0.39 is 29.3 Å². The van der Waals surface area contributed by atoms with Crippen molar-refractivity contribution in [2.24, 2.45) is 0 Å². The van der Waals surface area contributed by atoms with Crippen molar-refractivity contribution >= 4 is 23.1 Å². The fraction of sp³-hybridized carbons (Fsp3) is 0.267. The number of rotatable bonds is 5. The Kier molecular flexibility index (Phi) is 6.72. The van der Waals surface area contributed by atoms with Gasteiger partial charge >= 0.3 is 0 Å². The van der Waals surface area contributed by atoms with Crippen molar-refractivity contribution in [2.45, 2.75) is 45.6 Å². The Morgan fingerprint density at radius 1 is 1.00 bits per heavy atom. The standard InChI is InChI=1S/C30H30FNO4/c1-6-18-7-9-19(10-8-18)26-25(27(33)23-17-21(31)13-16-24(23)36-5)28(34)29(35)32(26)22-14-11-20(12-15-22)30(2,3)4/h7-17,26,33H,6H2,1-5H3/b27-25+. The summed E-state index contributed by atoms with van der Waals surface area (Å²) in [4.78, 5) is 28.2. The highest BCUT2D eigenvalue weighted by molar-refractivity contribution is 6.51. The van der Waals surface area contributed by atoms with Gasteiger partial charge in [0.05, 0.1) is 24.3 Å². The van der Waals surface area contributed by atoms with Crippen molar-refractivity contribution in [3.8, 4) is 5.75 Å². The molecule has 1 aliphatic heterocycles. The minimum Gasteiger partial charge on any atom is -0.507 e. The van der Waals surface area contributed by atoms with E-state index >= 15 is 0 Å². The van der Waals surface area contributed by atoms with Crippen LogP contribution in [0.25, 0.3) is 5.76 Å². The number of halogens is 1. The molecule has 0 spiro atoms. The zero-order valence-electron chi connectivity index (χ0n) is 21.1. The first-order valence-electron chi connectivity index (χ1n) is 11.9. The Bertz CT molecular complexity index is 1330. The number of Topliss-reactive ketones (excluding diaryl/α,β-unsaturated/α-hetero) is 1. The van der Waals surface area contributed by atoms with Crippen LogP contribution in [0.1, 0.15) is 56.0 Å². The number of aryl methyl sites for hydroxylation is 1. The molecule has 1 unspecified atom stereocenters. The van der Waals surface area contributed by atoms with Crippen LogP contribution in [-0.4, -0.2) is 23.9 Å². The van der Waals surface area contributed by atoms with Crippen LogP contribution < -0.4 is 9.64 Å². The largest absolute Gasteiger partial charge is 0.507 e. The summed E-state index contributed by atoms with van der Waals surface area (Å²) in [5.41, 5.74) is 3.16. The molecule has 36 heavy (non-hydrogen) atoms. The highest BCUT2D eigenvalue weighted by Crippen LogP contribution is 2.43. The van der Waals surface area contributed by atoms with Gasteiger partial charge in [-0.05, 0) is 58.9 Å². The van der Waals surface area contributed by atoms with Crippen LogP contribution >= 0.6 is 0 Å². The molecule has 3 aromatic carbocycles. The molecule has 1 N–H and O–H groups in total. The van der Waals surface area contributed by atoms with Crippen molar-refractivity contribution < 1.29 is 23.8 Å². The average Bonchev–Trinajstić information content (AvgIpc) is 3.13. The van der Waals surface area contributed by atoms with Gasteiger partial charge in [-0.15, -0.1) is 0 Å². The van der Waals surface area contributed by atoms with E-state index in [2.05, 4.69) is 20.8 Å². The number of hydrogen-bond acceptors (Lipinski definition) is 4. The van der Waals surface area contributed by atoms with Gasteiger partial charge in [-0.1, -0.05) is 64.1 Å². The van der Waals surface area contributed by atoms with E-state index in [0.29, 0.717) is 11.3 Å². The van der Waals surface area contributed by atoms with Gasteiger partial charge in [0.1, 0.15) is 17.3 Å². The number of nitrogens with zero attached hydrogens (tertiary/aromatic N) is 1. The first kappa shape index (κ1) is 25.2. The molecule has 186 valence electrons. The zero-order chi connectivity index (χ0) is 26.2. The molecule has 1 heterocycles. The third-order valence-corrected chi connectivity index (χ3v) is 6.58. The Morgan fingerprint density at radius 3 is 2.19 bits per heavy atom. The number of anilines is 1. The number of carbonyl (C=O) groups excluding carboxylic acids is 2. The molecule has 0 aliphatic carbocycles.